The summed E-state index contributed by atoms with van der Waals surface area (Å²) < 4.78 is 28.0. The van der Waals surface area contributed by atoms with Gasteiger partial charge in [-0.2, -0.15) is 10.2 Å². The summed E-state index contributed by atoms with van der Waals surface area (Å²) in [7, 11) is 3.05. The smallest absolute Gasteiger partial charge is 0.332 e. The summed E-state index contributed by atoms with van der Waals surface area (Å²) in [4.78, 5) is 43.9. The molecule has 1 aromatic carbocycles. The van der Waals surface area contributed by atoms with Gasteiger partial charge in [-0.05, 0) is 31.5 Å². The standard InChI is InChI=1S/C25H27FN6O6S/c1-14-20-22(35)31(17-6-9-29(2)21(17)34)25(36)30(24(20)39-23(14)32-27-7-8-28-32)13-19(38-11-10-33)16-12-15(26)4-5-18(16)37-3/h4-5,7-8,12,17,19,33H,6,9-11,13H2,1-3H3/t17-,19-/m0/s1. The van der Waals surface area contributed by atoms with E-state index in [1.54, 1.807) is 14.0 Å². The first-order valence-electron chi connectivity index (χ1n) is 12.2. The Kier molecular flexibility index (Phi) is 7.34. The van der Waals surface area contributed by atoms with Crippen molar-refractivity contribution in [1.29, 1.82) is 0 Å². The van der Waals surface area contributed by atoms with Crippen molar-refractivity contribution in [3.8, 4) is 10.8 Å². The van der Waals surface area contributed by atoms with E-state index >= 15 is 0 Å². The number of benzene rings is 1. The number of aryl methyl sites for hydroxylation is 1. The molecule has 0 bridgehead atoms. The number of halogens is 1. The lowest BCUT2D eigenvalue weighted by molar-refractivity contribution is -0.129. The van der Waals surface area contributed by atoms with Gasteiger partial charge in [0.15, 0.2) is 0 Å². The number of aliphatic hydroxyl groups is 1. The van der Waals surface area contributed by atoms with Crippen molar-refractivity contribution < 1.29 is 23.8 Å². The third-order valence-corrected chi connectivity index (χ3v) is 8.11. The average molecular weight is 559 g/mol. The Hall–Kier alpha value is -3.88. The molecule has 0 aliphatic carbocycles. The van der Waals surface area contributed by atoms with Gasteiger partial charge in [-0.15, -0.1) is 4.80 Å². The number of carbonyl (C=O) groups is 1. The van der Waals surface area contributed by atoms with Gasteiger partial charge in [-0.3, -0.25) is 14.2 Å². The largest absolute Gasteiger partial charge is 0.496 e. The number of aliphatic hydroxyl groups excluding tert-OH is 1. The van der Waals surface area contributed by atoms with Gasteiger partial charge >= 0.3 is 5.69 Å². The minimum absolute atomic E-state index is 0.0975. The van der Waals surface area contributed by atoms with Crippen molar-refractivity contribution in [3.63, 3.8) is 0 Å². The number of likely N-dealkylation sites (N-methyl/N-ethyl adjacent to an activating group) is 1. The van der Waals surface area contributed by atoms with Crippen LogP contribution < -0.4 is 16.0 Å². The molecular formula is C25H27FN6O6S. The van der Waals surface area contributed by atoms with Gasteiger partial charge in [-0.25, -0.2) is 13.8 Å². The van der Waals surface area contributed by atoms with E-state index < -0.39 is 29.2 Å². The zero-order chi connectivity index (χ0) is 27.8. The monoisotopic (exact) mass is 558 g/mol. The maximum absolute atomic E-state index is 14.3. The Balaban J connectivity index is 1.77. The summed E-state index contributed by atoms with van der Waals surface area (Å²) in [6.07, 6.45) is 2.36. The molecule has 0 spiro atoms. The molecule has 1 aliphatic heterocycles. The maximum atomic E-state index is 14.3. The van der Waals surface area contributed by atoms with Crippen LogP contribution in [0.3, 0.4) is 0 Å². The predicted molar refractivity (Wildman–Crippen MR) is 140 cm³/mol. The molecule has 3 aromatic heterocycles. The topological polar surface area (TPSA) is 134 Å². The van der Waals surface area contributed by atoms with Crippen LogP contribution >= 0.6 is 11.3 Å². The summed E-state index contributed by atoms with van der Waals surface area (Å²) >= 11 is 1.15. The van der Waals surface area contributed by atoms with Crippen LogP contribution in [-0.4, -0.2) is 74.0 Å². The number of methoxy groups -OCH3 is 1. The first-order chi connectivity index (χ1) is 18.8. The Morgan fingerprint density at radius 1 is 1.23 bits per heavy atom. The van der Waals surface area contributed by atoms with Crippen LogP contribution in [0, 0.1) is 12.7 Å². The second-order valence-corrected chi connectivity index (χ2v) is 10.1. The van der Waals surface area contributed by atoms with E-state index in [0.717, 1.165) is 15.9 Å². The highest BCUT2D eigenvalue weighted by Crippen LogP contribution is 2.34. The van der Waals surface area contributed by atoms with Gasteiger partial charge in [0.25, 0.3) is 5.56 Å². The van der Waals surface area contributed by atoms with E-state index in [9.17, 15) is 23.9 Å². The number of hydrogen-bond acceptors (Lipinski definition) is 9. The molecule has 1 aliphatic rings. The normalized spacial score (nSPS) is 16.4. The number of hydrogen-bond donors (Lipinski definition) is 1. The van der Waals surface area contributed by atoms with Crippen LogP contribution in [0.15, 0.2) is 40.2 Å². The number of carbonyl (C=O) groups excluding carboxylic acids is 1. The summed E-state index contributed by atoms with van der Waals surface area (Å²) in [5, 5.41) is 18.6. The lowest BCUT2D eigenvalue weighted by Gasteiger charge is -2.23. The Morgan fingerprint density at radius 2 is 1.97 bits per heavy atom. The Labute approximate surface area is 225 Å². The van der Waals surface area contributed by atoms with Crippen molar-refractivity contribution in [3.05, 3.63) is 68.4 Å². The number of ether oxygens (including phenoxy) is 2. The quantitative estimate of drug-likeness (QED) is 0.326. The lowest BCUT2D eigenvalue weighted by atomic mass is 10.1. The van der Waals surface area contributed by atoms with Crippen molar-refractivity contribution in [1.82, 2.24) is 29.0 Å². The summed E-state index contributed by atoms with van der Waals surface area (Å²) in [5.74, 6) is -0.542. The molecule has 0 unspecified atom stereocenters. The SMILES string of the molecule is COc1ccc(F)cc1[C@H](Cn1c(=O)n([C@H]2CCN(C)C2=O)c(=O)c2c(C)c(-n3nccn3)sc21)OCCO. The van der Waals surface area contributed by atoms with E-state index in [1.807, 2.05) is 0 Å². The molecule has 2 atom stereocenters. The fraction of sp³-hybridized carbons (Fsp3) is 0.400. The zero-order valence-electron chi connectivity index (χ0n) is 21.5. The van der Waals surface area contributed by atoms with Crippen molar-refractivity contribution in [2.75, 3.05) is 33.9 Å². The first kappa shape index (κ1) is 26.7. The molecule has 14 heteroatoms. The van der Waals surface area contributed by atoms with Gasteiger partial charge in [0.2, 0.25) is 5.91 Å². The van der Waals surface area contributed by atoms with E-state index in [1.165, 1.54) is 52.0 Å². The lowest BCUT2D eigenvalue weighted by Crippen LogP contribution is -2.44. The summed E-state index contributed by atoms with van der Waals surface area (Å²) in [6.45, 7) is 1.57. The average Bonchev–Trinajstić information content (AvgIpc) is 3.65. The highest BCUT2D eigenvalue weighted by molar-refractivity contribution is 7.21. The fourth-order valence-corrected chi connectivity index (χ4v) is 6.12. The minimum Gasteiger partial charge on any atom is -0.496 e. The van der Waals surface area contributed by atoms with Crippen molar-refractivity contribution in [2.45, 2.75) is 32.0 Å². The van der Waals surface area contributed by atoms with Crippen molar-refractivity contribution >= 4 is 27.5 Å². The van der Waals surface area contributed by atoms with Gasteiger partial charge in [-0.1, -0.05) is 11.3 Å². The highest BCUT2D eigenvalue weighted by Gasteiger charge is 2.35. The molecule has 1 amide bonds. The number of rotatable bonds is 9. The molecule has 12 nitrogen and oxygen atoms in total. The molecule has 4 heterocycles. The van der Waals surface area contributed by atoms with Crippen LogP contribution in [0.25, 0.3) is 15.2 Å². The van der Waals surface area contributed by atoms with Crippen LogP contribution in [0.2, 0.25) is 0 Å². The molecular weight excluding hydrogens is 531 g/mol. The molecule has 1 N–H and O–H groups in total. The number of likely N-dealkylation sites (tertiary alicyclic amines) is 1. The third-order valence-electron chi connectivity index (χ3n) is 6.83. The molecule has 1 fully saturated rings. The number of thiophene rings is 1. The van der Waals surface area contributed by atoms with Gasteiger partial charge in [0.05, 0.1) is 44.6 Å². The van der Waals surface area contributed by atoms with Crippen LogP contribution in [-0.2, 0) is 16.1 Å². The van der Waals surface area contributed by atoms with Crippen LogP contribution in [0.5, 0.6) is 5.75 Å². The number of fused-ring (bicyclic) bond motifs is 1. The molecule has 0 radical (unpaired) electrons. The third kappa shape index (κ3) is 4.64. The first-order valence-corrected chi connectivity index (χ1v) is 13.0. The molecule has 1 saturated heterocycles. The minimum atomic E-state index is -0.961. The molecule has 0 saturated carbocycles. The van der Waals surface area contributed by atoms with E-state index in [4.69, 9.17) is 9.47 Å². The Bertz CT molecular complexity index is 1650. The summed E-state index contributed by atoms with van der Waals surface area (Å²) in [6, 6.07) is 2.97. The number of nitrogens with zero attached hydrogens (tertiary/aromatic N) is 6. The second kappa shape index (κ2) is 10.7. The van der Waals surface area contributed by atoms with Gasteiger partial charge in [0.1, 0.15) is 33.5 Å². The van der Waals surface area contributed by atoms with E-state index in [0.29, 0.717) is 39.7 Å². The van der Waals surface area contributed by atoms with Crippen LogP contribution in [0.4, 0.5) is 4.39 Å². The number of amides is 1. The number of aromatic nitrogens is 5. The molecule has 206 valence electrons. The van der Waals surface area contributed by atoms with E-state index in [2.05, 4.69) is 10.2 Å². The molecule has 4 aromatic rings. The highest BCUT2D eigenvalue weighted by atomic mass is 32.1. The Morgan fingerprint density at radius 3 is 2.62 bits per heavy atom. The van der Waals surface area contributed by atoms with Crippen molar-refractivity contribution in [2.24, 2.45) is 0 Å². The zero-order valence-corrected chi connectivity index (χ0v) is 22.4. The van der Waals surface area contributed by atoms with Gasteiger partial charge < -0.3 is 19.5 Å². The predicted octanol–water partition coefficient (Wildman–Crippen LogP) is 1.41. The fourth-order valence-electron chi connectivity index (χ4n) is 4.90. The molecule has 5 rings (SSSR count). The summed E-state index contributed by atoms with van der Waals surface area (Å²) in [5.41, 5.74) is -0.408. The second-order valence-electron chi connectivity index (χ2n) is 9.13. The van der Waals surface area contributed by atoms with E-state index in [-0.39, 0.29) is 31.1 Å². The molecule has 39 heavy (non-hydrogen) atoms. The van der Waals surface area contributed by atoms with Crippen LogP contribution in [0.1, 0.15) is 29.7 Å². The maximum Gasteiger partial charge on any atom is 0.332 e. The van der Waals surface area contributed by atoms with Gasteiger partial charge in [0, 0.05) is 24.7 Å².